The van der Waals surface area contributed by atoms with Gasteiger partial charge in [-0.3, -0.25) is 0 Å². The van der Waals surface area contributed by atoms with Gasteiger partial charge in [0.05, 0.1) is 12.7 Å². The van der Waals surface area contributed by atoms with Crippen LogP contribution in [0.15, 0.2) is 60.9 Å². The topological polar surface area (TPSA) is 44.1 Å². The second-order valence-corrected chi connectivity index (χ2v) is 7.35. The highest BCUT2D eigenvalue weighted by molar-refractivity contribution is 5.91. The zero-order valence-electron chi connectivity index (χ0n) is 15.7. The molecule has 1 aromatic heterocycles. The fraction of sp³-hybridized carbons (Fsp3) is 0.273. The molecule has 0 bridgehead atoms. The largest absolute Gasteiger partial charge is 0.465 e. The molecule has 0 fully saturated rings. The summed E-state index contributed by atoms with van der Waals surface area (Å²) in [5.74, 6) is 0.557. The summed E-state index contributed by atoms with van der Waals surface area (Å²) < 4.78 is 6.94. The Morgan fingerprint density at radius 1 is 1.08 bits per heavy atom. The monoisotopic (exact) mass is 348 g/mol. The van der Waals surface area contributed by atoms with Gasteiger partial charge in [-0.15, -0.1) is 0 Å². The van der Waals surface area contributed by atoms with Crippen LogP contribution >= 0.6 is 0 Å². The highest BCUT2D eigenvalue weighted by Gasteiger charge is 2.15. The van der Waals surface area contributed by atoms with Gasteiger partial charge in [0, 0.05) is 24.5 Å². The van der Waals surface area contributed by atoms with Crippen LogP contribution in [0.3, 0.4) is 0 Å². The predicted molar refractivity (Wildman–Crippen MR) is 103 cm³/mol. The van der Waals surface area contributed by atoms with E-state index in [1.807, 2.05) is 29.0 Å². The maximum absolute atomic E-state index is 12.0. The number of esters is 1. The minimum atomic E-state index is -0.322. The van der Waals surface area contributed by atoms with Crippen LogP contribution in [0.25, 0.3) is 11.4 Å². The maximum atomic E-state index is 12.0. The molecule has 0 amide bonds. The Morgan fingerprint density at radius 2 is 1.77 bits per heavy atom. The van der Waals surface area contributed by atoms with Crippen molar-refractivity contribution in [2.24, 2.45) is 0 Å². The zero-order valence-corrected chi connectivity index (χ0v) is 15.7. The average Bonchev–Trinajstić information content (AvgIpc) is 3.09. The van der Waals surface area contributed by atoms with E-state index in [1.54, 1.807) is 12.3 Å². The van der Waals surface area contributed by atoms with Gasteiger partial charge < -0.3 is 9.30 Å². The van der Waals surface area contributed by atoms with Crippen molar-refractivity contribution in [3.8, 4) is 11.4 Å². The molecule has 0 N–H and O–H groups in total. The Bertz CT molecular complexity index is 902. The third-order valence-electron chi connectivity index (χ3n) is 4.49. The average molecular weight is 348 g/mol. The molecule has 0 aliphatic rings. The first-order valence-corrected chi connectivity index (χ1v) is 8.68. The number of aromatic nitrogens is 2. The van der Waals surface area contributed by atoms with Gasteiger partial charge in [-0.1, -0.05) is 63.2 Å². The molecule has 3 rings (SSSR count). The van der Waals surface area contributed by atoms with Crippen LogP contribution in [0.1, 0.15) is 42.3 Å². The maximum Gasteiger partial charge on any atom is 0.338 e. The van der Waals surface area contributed by atoms with Crippen molar-refractivity contribution in [1.82, 2.24) is 9.55 Å². The first-order valence-electron chi connectivity index (χ1n) is 8.68. The Hall–Kier alpha value is -2.88. The number of hydrogen-bond acceptors (Lipinski definition) is 3. The van der Waals surface area contributed by atoms with Crippen LogP contribution in [0.5, 0.6) is 0 Å². The van der Waals surface area contributed by atoms with E-state index in [4.69, 9.17) is 4.74 Å². The molecule has 0 unspecified atom stereocenters. The summed E-state index contributed by atoms with van der Waals surface area (Å²) in [6.45, 7) is 7.16. The minimum Gasteiger partial charge on any atom is -0.465 e. The van der Waals surface area contributed by atoms with Crippen LogP contribution in [0.4, 0.5) is 0 Å². The molecule has 2 aromatic carbocycles. The van der Waals surface area contributed by atoms with Crippen molar-refractivity contribution in [2.45, 2.75) is 32.7 Å². The number of nitrogens with zero attached hydrogens (tertiary/aromatic N) is 2. The molecule has 0 aliphatic carbocycles. The Kier molecular flexibility index (Phi) is 4.94. The van der Waals surface area contributed by atoms with Crippen LogP contribution in [-0.2, 0) is 16.7 Å². The first-order chi connectivity index (χ1) is 12.4. The Labute approximate surface area is 154 Å². The zero-order chi connectivity index (χ0) is 18.7. The smallest absolute Gasteiger partial charge is 0.338 e. The Morgan fingerprint density at radius 3 is 2.42 bits per heavy atom. The van der Waals surface area contributed by atoms with Gasteiger partial charge in [-0.2, -0.15) is 0 Å². The molecule has 26 heavy (non-hydrogen) atoms. The van der Waals surface area contributed by atoms with Crippen LogP contribution < -0.4 is 0 Å². The van der Waals surface area contributed by atoms with Crippen molar-refractivity contribution in [2.75, 3.05) is 7.11 Å². The van der Waals surface area contributed by atoms with Crippen molar-refractivity contribution >= 4 is 5.97 Å². The number of rotatable bonds is 4. The minimum absolute atomic E-state index is 0.118. The second kappa shape index (κ2) is 7.16. The number of ether oxygens (including phenoxy) is 1. The molecule has 0 spiro atoms. The molecule has 4 heteroatoms. The van der Waals surface area contributed by atoms with Crippen LogP contribution in [-0.4, -0.2) is 22.6 Å². The van der Waals surface area contributed by atoms with E-state index in [0.29, 0.717) is 12.1 Å². The van der Waals surface area contributed by atoms with Gasteiger partial charge in [0.15, 0.2) is 0 Å². The lowest BCUT2D eigenvalue weighted by atomic mass is 9.87. The lowest BCUT2D eigenvalue weighted by molar-refractivity contribution is 0.0599. The summed E-state index contributed by atoms with van der Waals surface area (Å²) in [6.07, 6.45) is 3.72. The summed E-state index contributed by atoms with van der Waals surface area (Å²) in [5, 5.41) is 0. The first kappa shape index (κ1) is 17.9. The molecule has 3 aromatic rings. The predicted octanol–water partition coefficient (Wildman–Crippen LogP) is 4.68. The normalized spacial score (nSPS) is 11.4. The van der Waals surface area contributed by atoms with Gasteiger partial charge in [-0.05, 0) is 22.6 Å². The van der Waals surface area contributed by atoms with E-state index in [9.17, 15) is 4.79 Å². The lowest BCUT2D eigenvalue weighted by Crippen LogP contribution is -2.11. The summed E-state index contributed by atoms with van der Waals surface area (Å²) in [7, 11) is 1.40. The molecular formula is C22H24N2O2. The summed E-state index contributed by atoms with van der Waals surface area (Å²) in [6, 6.07) is 16.0. The second-order valence-electron chi connectivity index (χ2n) is 7.35. The highest BCUT2D eigenvalue weighted by Crippen LogP contribution is 2.26. The third kappa shape index (κ3) is 3.69. The molecule has 0 atom stereocenters. The molecular weight excluding hydrogens is 324 g/mol. The van der Waals surface area contributed by atoms with Crippen molar-refractivity contribution in [3.05, 3.63) is 77.6 Å². The summed E-state index contributed by atoms with van der Waals surface area (Å²) in [4.78, 5) is 16.5. The van der Waals surface area contributed by atoms with Crippen LogP contribution in [0, 0.1) is 0 Å². The van der Waals surface area contributed by atoms with E-state index < -0.39 is 0 Å². The quantitative estimate of drug-likeness (QED) is 0.643. The molecule has 0 saturated carbocycles. The van der Waals surface area contributed by atoms with E-state index in [0.717, 1.165) is 17.0 Å². The van der Waals surface area contributed by atoms with E-state index in [1.165, 1.54) is 12.7 Å². The summed E-state index contributed by atoms with van der Waals surface area (Å²) >= 11 is 0. The van der Waals surface area contributed by atoms with Crippen LogP contribution in [0.2, 0.25) is 0 Å². The molecule has 0 saturated heterocycles. The van der Waals surface area contributed by atoms with Gasteiger partial charge in [0.25, 0.3) is 0 Å². The van der Waals surface area contributed by atoms with Crippen molar-refractivity contribution < 1.29 is 9.53 Å². The van der Waals surface area contributed by atoms with E-state index in [2.05, 4.69) is 50.0 Å². The van der Waals surface area contributed by atoms with Gasteiger partial charge >= 0.3 is 5.97 Å². The Balaban J connectivity index is 1.92. The number of hydrogen-bond donors (Lipinski definition) is 0. The van der Waals surface area contributed by atoms with E-state index >= 15 is 0 Å². The van der Waals surface area contributed by atoms with Gasteiger partial charge in [-0.25, -0.2) is 9.78 Å². The summed E-state index contributed by atoms with van der Waals surface area (Å²) in [5.41, 5.74) is 3.95. The fourth-order valence-corrected chi connectivity index (χ4v) is 2.97. The van der Waals surface area contributed by atoms with Crippen molar-refractivity contribution in [3.63, 3.8) is 0 Å². The number of imidazole rings is 1. The standard InChI is InChI=1S/C22H24N2O2/c1-22(2,3)18-11-9-16(10-12-18)20-23-13-14-24(20)15-17-7-5-6-8-19(17)21(25)26-4/h5-14H,15H2,1-4H3. The molecule has 134 valence electrons. The highest BCUT2D eigenvalue weighted by atomic mass is 16.5. The van der Waals surface area contributed by atoms with E-state index in [-0.39, 0.29) is 11.4 Å². The number of methoxy groups -OCH3 is 1. The molecule has 0 aliphatic heterocycles. The molecule has 1 heterocycles. The number of carbonyl (C=O) groups is 1. The lowest BCUT2D eigenvalue weighted by Gasteiger charge is -2.19. The fourth-order valence-electron chi connectivity index (χ4n) is 2.97. The van der Waals surface area contributed by atoms with Gasteiger partial charge in [0.1, 0.15) is 5.82 Å². The molecule has 4 nitrogen and oxygen atoms in total. The van der Waals surface area contributed by atoms with Crippen molar-refractivity contribution in [1.29, 1.82) is 0 Å². The third-order valence-corrected chi connectivity index (χ3v) is 4.49. The number of benzene rings is 2. The molecule has 0 radical (unpaired) electrons. The number of carbonyl (C=O) groups excluding carboxylic acids is 1. The van der Waals surface area contributed by atoms with Gasteiger partial charge in [0.2, 0.25) is 0 Å². The SMILES string of the molecule is COC(=O)c1ccccc1Cn1ccnc1-c1ccc(C(C)(C)C)cc1.